The van der Waals surface area contributed by atoms with Gasteiger partial charge in [-0.2, -0.15) is 0 Å². The molecule has 4 rings (SSSR count). The molecule has 1 fully saturated rings. The third-order valence-electron chi connectivity index (χ3n) is 5.74. The van der Waals surface area contributed by atoms with Gasteiger partial charge in [-0.05, 0) is 51.2 Å². The monoisotopic (exact) mass is 466 g/mol. The number of nitrogens with zero attached hydrogens (tertiary/aromatic N) is 3. The van der Waals surface area contributed by atoms with Crippen LogP contribution in [0.5, 0.6) is 0 Å². The zero-order valence-corrected chi connectivity index (χ0v) is 19.3. The summed E-state index contributed by atoms with van der Waals surface area (Å²) in [5.74, 6) is -1.82. The van der Waals surface area contributed by atoms with Crippen molar-refractivity contribution in [3.63, 3.8) is 0 Å². The molecule has 1 aliphatic heterocycles. The Morgan fingerprint density at radius 3 is 2.58 bits per heavy atom. The quantitative estimate of drug-likeness (QED) is 0.362. The first-order valence-corrected chi connectivity index (χ1v) is 11.9. The number of nitrogens with one attached hydrogen (secondary N) is 1. The van der Waals surface area contributed by atoms with E-state index in [2.05, 4.69) is 16.4 Å². The Morgan fingerprint density at radius 2 is 1.85 bits per heavy atom. The molecule has 1 aromatic heterocycles. The van der Waals surface area contributed by atoms with Crippen molar-refractivity contribution < 1.29 is 19.2 Å². The van der Waals surface area contributed by atoms with Crippen molar-refractivity contribution in [3.8, 4) is 0 Å². The van der Waals surface area contributed by atoms with E-state index in [1.807, 2.05) is 31.2 Å². The van der Waals surface area contributed by atoms with Crippen LogP contribution in [0, 0.1) is 6.92 Å². The lowest BCUT2D eigenvalue weighted by molar-refractivity contribution is -0.143. The zero-order chi connectivity index (χ0) is 23.4. The van der Waals surface area contributed by atoms with Crippen molar-refractivity contribution in [2.24, 2.45) is 0 Å². The van der Waals surface area contributed by atoms with E-state index in [-0.39, 0.29) is 25.4 Å². The van der Waals surface area contributed by atoms with Gasteiger partial charge in [-0.3, -0.25) is 19.3 Å². The van der Waals surface area contributed by atoms with Crippen LogP contribution in [0.2, 0.25) is 0 Å². The van der Waals surface area contributed by atoms with Gasteiger partial charge in [0.25, 0.3) is 0 Å². The fourth-order valence-corrected chi connectivity index (χ4v) is 4.70. The number of imide groups is 2. The van der Waals surface area contributed by atoms with Gasteiger partial charge in [0.15, 0.2) is 0 Å². The van der Waals surface area contributed by atoms with Gasteiger partial charge in [0.2, 0.25) is 5.91 Å². The Labute approximate surface area is 196 Å². The lowest BCUT2D eigenvalue weighted by Gasteiger charge is -2.17. The molecule has 2 aliphatic rings. The Bertz CT molecular complexity index is 1110. The average Bonchev–Trinajstić information content (AvgIpc) is 3.32. The molecule has 5 amide bonds. The predicted octanol–water partition coefficient (Wildman–Crippen LogP) is 3.81. The smallest absolute Gasteiger partial charge is 0.326 e. The number of allylic oxidation sites excluding steroid dienone is 1. The van der Waals surface area contributed by atoms with Crippen LogP contribution in [-0.2, 0) is 27.3 Å². The topological polar surface area (TPSA) is 99.7 Å². The fraction of sp³-hybridized carbons (Fsp3) is 0.375. The summed E-state index contributed by atoms with van der Waals surface area (Å²) in [6.45, 7) is 2.10. The van der Waals surface area contributed by atoms with Crippen LogP contribution in [0.1, 0.15) is 48.4 Å². The molecule has 0 saturated carbocycles. The molecule has 2 heterocycles. The second-order valence-electron chi connectivity index (χ2n) is 8.31. The fourth-order valence-electron chi connectivity index (χ4n) is 3.92. The minimum absolute atomic E-state index is 0.0839. The van der Waals surface area contributed by atoms with Crippen LogP contribution in [-0.4, -0.2) is 45.1 Å². The number of thiazole rings is 1. The zero-order valence-electron chi connectivity index (χ0n) is 18.5. The van der Waals surface area contributed by atoms with Gasteiger partial charge in [0.05, 0.1) is 18.7 Å². The van der Waals surface area contributed by atoms with Gasteiger partial charge < -0.3 is 5.32 Å². The maximum absolute atomic E-state index is 12.7. The van der Waals surface area contributed by atoms with Gasteiger partial charge in [0.1, 0.15) is 5.01 Å². The third-order valence-corrected chi connectivity index (χ3v) is 6.64. The first-order valence-electron chi connectivity index (χ1n) is 11.1. The van der Waals surface area contributed by atoms with Gasteiger partial charge in [-0.15, -0.1) is 11.3 Å². The van der Waals surface area contributed by atoms with Gasteiger partial charge in [-0.1, -0.05) is 29.3 Å². The molecule has 1 aliphatic carbocycles. The third kappa shape index (κ3) is 5.54. The van der Waals surface area contributed by atoms with E-state index in [4.69, 9.17) is 0 Å². The first kappa shape index (κ1) is 22.8. The maximum atomic E-state index is 12.7. The number of aromatic nitrogens is 1. The molecule has 172 valence electrons. The number of amides is 5. The highest BCUT2D eigenvalue weighted by Crippen LogP contribution is 2.23. The Morgan fingerprint density at radius 1 is 1.09 bits per heavy atom. The van der Waals surface area contributed by atoms with Crippen LogP contribution >= 0.6 is 11.3 Å². The average molecular weight is 467 g/mol. The predicted molar refractivity (Wildman–Crippen MR) is 124 cm³/mol. The Balaban J connectivity index is 1.33. The van der Waals surface area contributed by atoms with Crippen molar-refractivity contribution in [1.82, 2.24) is 14.8 Å². The van der Waals surface area contributed by atoms with Gasteiger partial charge >= 0.3 is 17.8 Å². The summed E-state index contributed by atoms with van der Waals surface area (Å²) < 4.78 is 0. The lowest BCUT2D eigenvalue weighted by atomic mass is 9.97. The second-order valence-corrected chi connectivity index (χ2v) is 9.26. The van der Waals surface area contributed by atoms with Crippen molar-refractivity contribution in [1.29, 1.82) is 0 Å². The Kier molecular flexibility index (Phi) is 6.98. The molecule has 8 nitrogen and oxygen atoms in total. The first-order chi connectivity index (χ1) is 15.9. The molecular weight excluding hydrogens is 440 g/mol. The van der Waals surface area contributed by atoms with Crippen LogP contribution in [0.4, 0.5) is 10.5 Å². The SMILES string of the molecule is Cc1ccc(NC(=O)Cc2nc(CN3C(=O)C(=O)N(CCC4=CCCCC4)C3=O)cs2)cc1. The van der Waals surface area contributed by atoms with E-state index >= 15 is 0 Å². The van der Waals surface area contributed by atoms with Crippen molar-refractivity contribution in [2.45, 2.75) is 52.0 Å². The molecular formula is C24H26N4O4S. The number of anilines is 1. The number of carbonyl (C=O) groups is 4. The van der Waals surface area contributed by atoms with Crippen LogP contribution in [0.25, 0.3) is 0 Å². The van der Waals surface area contributed by atoms with Gasteiger partial charge in [0, 0.05) is 17.6 Å². The number of aryl methyl sites for hydroxylation is 1. The Hall–Kier alpha value is -3.33. The summed E-state index contributed by atoms with van der Waals surface area (Å²) in [7, 11) is 0. The minimum Gasteiger partial charge on any atom is -0.326 e. The highest BCUT2D eigenvalue weighted by atomic mass is 32.1. The summed E-state index contributed by atoms with van der Waals surface area (Å²) >= 11 is 1.28. The molecule has 1 N–H and O–H groups in total. The molecule has 2 aromatic rings. The van der Waals surface area contributed by atoms with E-state index in [9.17, 15) is 19.2 Å². The number of carbonyl (C=O) groups excluding carboxylic acids is 4. The van der Waals surface area contributed by atoms with Crippen molar-refractivity contribution >= 4 is 40.8 Å². The minimum atomic E-state index is -0.829. The van der Waals surface area contributed by atoms with E-state index in [0.717, 1.165) is 34.6 Å². The van der Waals surface area contributed by atoms with E-state index in [0.29, 0.717) is 22.8 Å². The van der Waals surface area contributed by atoms with E-state index in [1.165, 1.54) is 23.3 Å². The number of benzene rings is 1. The molecule has 0 unspecified atom stereocenters. The van der Waals surface area contributed by atoms with E-state index < -0.39 is 17.8 Å². The van der Waals surface area contributed by atoms with Crippen molar-refractivity contribution in [3.05, 3.63) is 57.6 Å². The number of urea groups is 1. The van der Waals surface area contributed by atoms with Crippen LogP contribution in [0.15, 0.2) is 41.3 Å². The molecule has 0 bridgehead atoms. The highest BCUT2D eigenvalue weighted by molar-refractivity contribution is 7.09. The summed E-state index contributed by atoms with van der Waals surface area (Å²) in [6, 6.07) is 6.89. The molecule has 0 radical (unpaired) electrons. The molecule has 0 atom stereocenters. The number of rotatable bonds is 8. The maximum Gasteiger partial charge on any atom is 0.334 e. The molecule has 1 saturated heterocycles. The standard InChI is InChI=1S/C24H26N4O4S/c1-16-7-9-18(10-8-16)25-20(29)13-21-26-19(15-33-21)14-28-23(31)22(30)27(24(28)32)12-11-17-5-3-2-4-6-17/h5,7-10,15H,2-4,6,11-14H2,1H3,(H,25,29). The lowest BCUT2D eigenvalue weighted by Crippen LogP contribution is -2.34. The summed E-state index contributed by atoms with van der Waals surface area (Å²) in [6.07, 6.45) is 7.15. The summed E-state index contributed by atoms with van der Waals surface area (Å²) in [5.41, 5.74) is 3.52. The highest BCUT2D eigenvalue weighted by Gasteiger charge is 2.44. The summed E-state index contributed by atoms with van der Waals surface area (Å²) in [4.78, 5) is 56.1. The second kappa shape index (κ2) is 10.1. The van der Waals surface area contributed by atoms with Crippen LogP contribution < -0.4 is 5.32 Å². The summed E-state index contributed by atoms with van der Waals surface area (Å²) in [5, 5.41) is 5.09. The number of hydrogen-bond donors (Lipinski definition) is 1. The largest absolute Gasteiger partial charge is 0.334 e. The van der Waals surface area contributed by atoms with E-state index in [1.54, 1.807) is 5.38 Å². The normalized spacial score (nSPS) is 16.4. The number of hydrogen-bond acceptors (Lipinski definition) is 6. The molecule has 33 heavy (non-hydrogen) atoms. The molecule has 9 heteroatoms. The molecule has 1 aromatic carbocycles. The van der Waals surface area contributed by atoms with Crippen molar-refractivity contribution in [2.75, 3.05) is 11.9 Å². The van der Waals surface area contributed by atoms with Crippen LogP contribution in [0.3, 0.4) is 0 Å². The molecule has 0 spiro atoms. The van der Waals surface area contributed by atoms with Gasteiger partial charge in [-0.25, -0.2) is 14.7 Å².